The van der Waals surface area contributed by atoms with E-state index < -0.39 is 0 Å². The second-order valence-electron chi connectivity index (χ2n) is 3.90. The van der Waals surface area contributed by atoms with Gasteiger partial charge >= 0.3 is 0 Å². The molecule has 3 nitrogen and oxygen atoms in total. The van der Waals surface area contributed by atoms with Crippen molar-refractivity contribution in [1.29, 1.82) is 0 Å². The van der Waals surface area contributed by atoms with Crippen LogP contribution < -0.4 is 5.73 Å². The van der Waals surface area contributed by atoms with Gasteiger partial charge in [-0.1, -0.05) is 13.8 Å². The predicted octanol–water partition coefficient (Wildman–Crippen LogP) is 2.60. The third-order valence-corrected chi connectivity index (χ3v) is 2.76. The maximum atomic E-state index is 6.07. The van der Waals surface area contributed by atoms with Gasteiger partial charge in [-0.05, 0) is 37.1 Å². The van der Waals surface area contributed by atoms with Crippen LogP contribution in [0.2, 0.25) is 0 Å². The molecule has 0 aliphatic heterocycles. The number of aromatic nitrogens is 2. The Labute approximate surface area is 95.7 Å². The van der Waals surface area contributed by atoms with Gasteiger partial charge in [-0.15, -0.1) is 0 Å². The normalized spacial score (nSPS) is 16.4. The molecule has 3 rings (SSSR count). The lowest BCUT2D eigenvalue weighted by molar-refractivity contribution is 0.711. The minimum Gasteiger partial charge on any atom is -0.320 e. The van der Waals surface area contributed by atoms with Crippen LogP contribution >= 0.6 is 0 Å². The second kappa shape index (κ2) is 4.18. The summed E-state index contributed by atoms with van der Waals surface area (Å²) < 4.78 is 0. The van der Waals surface area contributed by atoms with Crippen LogP contribution in [0.1, 0.15) is 32.4 Å². The molecule has 1 aliphatic carbocycles. The number of nitrogens with zero attached hydrogens (tertiary/aromatic N) is 2. The first kappa shape index (κ1) is 11.0. The number of nitrogens with two attached hydrogens (primary N) is 1. The first-order chi connectivity index (χ1) is 7.78. The van der Waals surface area contributed by atoms with Crippen LogP contribution in [-0.4, -0.2) is 9.97 Å². The van der Waals surface area contributed by atoms with Crippen LogP contribution in [-0.2, 0) is 5.54 Å². The molecule has 0 radical (unpaired) electrons. The molecular weight excluding hydrogens is 198 g/mol. The van der Waals surface area contributed by atoms with Crippen LogP contribution in [0.15, 0.2) is 30.5 Å². The lowest BCUT2D eigenvalue weighted by atomic mass is 10.1. The highest BCUT2D eigenvalue weighted by Crippen LogP contribution is 2.41. The first-order valence-corrected chi connectivity index (χ1v) is 5.79. The van der Waals surface area contributed by atoms with Crippen LogP contribution in [0.3, 0.4) is 0 Å². The van der Waals surface area contributed by atoms with E-state index in [0.717, 1.165) is 29.6 Å². The smallest absolute Gasteiger partial charge is 0.159 e. The molecule has 1 saturated carbocycles. The number of hydrogen-bond donors (Lipinski definition) is 1. The highest BCUT2D eigenvalue weighted by atomic mass is 14.9. The molecule has 3 heteroatoms. The number of hydrogen-bond acceptors (Lipinski definition) is 3. The molecule has 0 unspecified atom stereocenters. The largest absolute Gasteiger partial charge is 0.320 e. The molecule has 0 atom stereocenters. The molecule has 0 amide bonds. The van der Waals surface area contributed by atoms with Crippen molar-refractivity contribution >= 4 is 11.0 Å². The fraction of sp³-hybridized carbons (Fsp3) is 0.385. The summed E-state index contributed by atoms with van der Waals surface area (Å²) in [6.07, 6.45) is 3.84. The molecule has 1 aliphatic rings. The average molecular weight is 215 g/mol. The Morgan fingerprint density at radius 2 is 1.94 bits per heavy atom. The van der Waals surface area contributed by atoms with Gasteiger partial charge in [0.2, 0.25) is 0 Å². The van der Waals surface area contributed by atoms with E-state index in [9.17, 15) is 0 Å². The van der Waals surface area contributed by atoms with Gasteiger partial charge < -0.3 is 5.73 Å². The summed E-state index contributed by atoms with van der Waals surface area (Å²) in [7, 11) is 0. The van der Waals surface area contributed by atoms with E-state index in [1.54, 1.807) is 6.20 Å². The molecule has 0 saturated heterocycles. The minimum atomic E-state index is -0.161. The average Bonchev–Trinajstić information content (AvgIpc) is 3.11. The Morgan fingerprint density at radius 1 is 1.19 bits per heavy atom. The van der Waals surface area contributed by atoms with Crippen LogP contribution in [0.4, 0.5) is 0 Å². The van der Waals surface area contributed by atoms with Crippen molar-refractivity contribution in [3.63, 3.8) is 0 Å². The van der Waals surface area contributed by atoms with Gasteiger partial charge in [0.25, 0.3) is 0 Å². The Morgan fingerprint density at radius 3 is 2.62 bits per heavy atom. The molecule has 2 heterocycles. The summed E-state index contributed by atoms with van der Waals surface area (Å²) in [5, 5.41) is 1.07. The molecule has 84 valence electrons. The highest BCUT2D eigenvalue weighted by Gasteiger charge is 2.41. The number of rotatable bonds is 1. The SMILES string of the molecule is CC.NC1(c2ccc3cccnc3n2)CC1. The second-order valence-corrected chi connectivity index (χ2v) is 3.90. The quantitative estimate of drug-likeness (QED) is 0.795. The van der Waals surface area contributed by atoms with E-state index in [4.69, 9.17) is 5.73 Å². The third kappa shape index (κ3) is 1.91. The van der Waals surface area contributed by atoms with Crippen molar-refractivity contribution in [3.8, 4) is 0 Å². The maximum Gasteiger partial charge on any atom is 0.159 e. The standard InChI is InChI=1S/C11H11N3.C2H6/c12-11(5-6-11)9-4-3-8-2-1-7-13-10(8)14-9;1-2/h1-4,7H,5-6,12H2;1-2H3. The van der Waals surface area contributed by atoms with E-state index in [0.29, 0.717) is 0 Å². The minimum absolute atomic E-state index is 0.161. The molecule has 16 heavy (non-hydrogen) atoms. The highest BCUT2D eigenvalue weighted by molar-refractivity contribution is 5.74. The van der Waals surface area contributed by atoms with Gasteiger partial charge in [0.05, 0.1) is 11.2 Å². The van der Waals surface area contributed by atoms with E-state index in [-0.39, 0.29) is 5.54 Å². The molecule has 2 aromatic heterocycles. The lowest BCUT2D eigenvalue weighted by Crippen LogP contribution is -2.20. The van der Waals surface area contributed by atoms with Gasteiger partial charge in [0, 0.05) is 11.6 Å². The molecular formula is C13H17N3. The topological polar surface area (TPSA) is 51.8 Å². The van der Waals surface area contributed by atoms with Crippen molar-refractivity contribution in [2.24, 2.45) is 5.73 Å². The number of fused-ring (bicyclic) bond motifs is 1. The van der Waals surface area contributed by atoms with Gasteiger partial charge in [-0.2, -0.15) is 0 Å². The predicted molar refractivity (Wildman–Crippen MR) is 66.0 cm³/mol. The lowest BCUT2D eigenvalue weighted by Gasteiger charge is -2.07. The molecule has 0 bridgehead atoms. The Balaban J connectivity index is 0.000000457. The Kier molecular flexibility index (Phi) is 2.88. The maximum absolute atomic E-state index is 6.07. The van der Waals surface area contributed by atoms with E-state index in [2.05, 4.69) is 9.97 Å². The summed E-state index contributed by atoms with van der Waals surface area (Å²) in [6.45, 7) is 4.00. The third-order valence-electron chi connectivity index (χ3n) is 2.76. The molecule has 1 fully saturated rings. The van der Waals surface area contributed by atoms with Gasteiger partial charge in [0.15, 0.2) is 5.65 Å². The molecule has 2 N–H and O–H groups in total. The summed E-state index contributed by atoms with van der Waals surface area (Å²) in [4.78, 5) is 8.69. The Bertz CT molecular complexity index is 489. The molecule has 2 aromatic rings. The van der Waals surface area contributed by atoms with Crippen molar-refractivity contribution in [3.05, 3.63) is 36.2 Å². The van der Waals surface area contributed by atoms with Crippen LogP contribution in [0.5, 0.6) is 0 Å². The zero-order chi connectivity index (χ0) is 11.6. The fourth-order valence-electron chi connectivity index (χ4n) is 1.62. The zero-order valence-corrected chi connectivity index (χ0v) is 9.77. The van der Waals surface area contributed by atoms with Gasteiger partial charge in [0.1, 0.15) is 0 Å². The van der Waals surface area contributed by atoms with E-state index >= 15 is 0 Å². The van der Waals surface area contributed by atoms with Crippen molar-refractivity contribution < 1.29 is 0 Å². The summed E-state index contributed by atoms with van der Waals surface area (Å²) >= 11 is 0. The Hall–Kier alpha value is -1.48. The molecule has 0 aromatic carbocycles. The van der Waals surface area contributed by atoms with Gasteiger partial charge in [-0.25, -0.2) is 9.97 Å². The summed E-state index contributed by atoms with van der Waals surface area (Å²) in [5.74, 6) is 0. The monoisotopic (exact) mass is 215 g/mol. The zero-order valence-electron chi connectivity index (χ0n) is 9.77. The van der Waals surface area contributed by atoms with E-state index in [1.807, 2.05) is 38.1 Å². The summed E-state index contributed by atoms with van der Waals surface area (Å²) in [6, 6.07) is 7.98. The fourth-order valence-corrected chi connectivity index (χ4v) is 1.62. The van der Waals surface area contributed by atoms with Crippen molar-refractivity contribution in [2.75, 3.05) is 0 Å². The van der Waals surface area contributed by atoms with Gasteiger partial charge in [-0.3, -0.25) is 0 Å². The first-order valence-electron chi connectivity index (χ1n) is 5.79. The molecule has 0 spiro atoms. The van der Waals surface area contributed by atoms with Crippen molar-refractivity contribution in [1.82, 2.24) is 9.97 Å². The summed E-state index contributed by atoms with van der Waals surface area (Å²) in [5.41, 5.74) is 7.68. The van der Waals surface area contributed by atoms with Crippen LogP contribution in [0, 0.1) is 0 Å². The van der Waals surface area contributed by atoms with Crippen LogP contribution in [0.25, 0.3) is 11.0 Å². The van der Waals surface area contributed by atoms with Crippen molar-refractivity contribution in [2.45, 2.75) is 32.2 Å². The number of pyridine rings is 2. The van der Waals surface area contributed by atoms with E-state index in [1.165, 1.54) is 0 Å².